The smallest absolute Gasteiger partial charge is 0.254 e. The van der Waals surface area contributed by atoms with Crippen LogP contribution in [0.1, 0.15) is 10.4 Å². The molecule has 0 atom stereocenters. The zero-order valence-electron chi connectivity index (χ0n) is 16.4. The number of amides is 1. The van der Waals surface area contributed by atoms with Gasteiger partial charge >= 0.3 is 0 Å². The zero-order chi connectivity index (χ0) is 21.3. The molecule has 0 aliphatic carbocycles. The van der Waals surface area contributed by atoms with Crippen molar-refractivity contribution in [1.82, 2.24) is 18.0 Å². The molecular formula is C19H20N4O5S2. The van der Waals surface area contributed by atoms with Crippen molar-refractivity contribution in [3.63, 3.8) is 0 Å². The minimum Gasteiger partial charge on any atom is -0.497 e. The van der Waals surface area contributed by atoms with Crippen molar-refractivity contribution in [3.05, 3.63) is 42.0 Å². The number of fused-ring (bicyclic) bond motifs is 1. The van der Waals surface area contributed by atoms with E-state index in [2.05, 4.69) is 8.75 Å². The molecule has 0 N–H and O–H groups in total. The summed E-state index contributed by atoms with van der Waals surface area (Å²) in [4.78, 5) is 14.7. The summed E-state index contributed by atoms with van der Waals surface area (Å²) in [5.41, 5.74) is 1.37. The van der Waals surface area contributed by atoms with E-state index >= 15 is 0 Å². The lowest BCUT2D eigenvalue weighted by molar-refractivity contribution is 0.0697. The fourth-order valence-corrected chi connectivity index (χ4v) is 5.55. The van der Waals surface area contributed by atoms with Gasteiger partial charge in [0.15, 0.2) is 0 Å². The summed E-state index contributed by atoms with van der Waals surface area (Å²) >= 11 is 0.981. The first-order valence-electron chi connectivity index (χ1n) is 9.18. The van der Waals surface area contributed by atoms with Crippen LogP contribution in [0.3, 0.4) is 0 Å². The molecule has 2 aromatic carbocycles. The highest BCUT2D eigenvalue weighted by Crippen LogP contribution is 2.27. The fourth-order valence-electron chi connectivity index (χ4n) is 3.37. The molecule has 1 aliphatic heterocycles. The first kappa shape index (κ1) is 20.5. The lowest BCUT2D eigenvalue weighted by Crippen LogP contribution is -2.50. The number of sulfonamides is 1. The van der Waals surface area contributed by atoms with Crippen LogP contribution in [-0.2, 0) is 10.0 Å². The van der Waals surface area contributed by atoms with E-state index in [-0.39, 0.29) is 37.0 Å². The summed E-state index contributed by atoms with van der Waals surface area (Å²) in [6, 6.07) is 9.91. The number of carbonyl (C=O) groups excluding carboxylic acids is 1. The highest BCUT2D eigenvalue weighted by molar-refractivity contribution is 7.89. The van der Waals surface area contributed by atoms with E-state index in [1.807, 2.05) is 0 Å². The second kappa shape index (κ2) is 8.17. The van der Waals surface area contributed by atoms with Crippen LogP contribution in [0.5, 0.6) is 11.5 Å². The van der Waals surface area contributed by atoms with Crippen LogP contribution >= 0.6 is 11.7 Å². The van der Waals surface area contributed by atoms with Gasteiger partial charge < -0.3 is 14.4 Å². The number of nitrogens with zero attached hydrogens (tertiary/aromatic N) is 4. The number of methoxy groups -OCH3 is 2. The molecule has 1 amide bonds. The molecule has 0 spiro atoms. The second-order valence-corrected chi connectivity index (χ2v) is 9.12. The Labute approximate surface area is 178 Å². The van der Waals surface area contributed by atoms with Crippen LogP contribution in [0.4, 0.5) is 0 Å². The number of piperazine rings is 1. The minimum absolute atomic E-state index is 0.144. The summed E-state index contributed by atoms with van der Waals surface area (Å²) in [5.74, 6) is 0.836. The third-order valence-electron chi connectivity index (χ3n) is 4.99. The van der Waals surface area contributed by atoms with Crippen molar-refractivity contribution in [3.8, 4) is 11.5 Å². The average molecular weight is 449 g/mol. The van der Waals surface area contributed by atoms with E-state index in [0.29, 0.717) is 28.1 Å². The van der Waals surface area contributed by atoms with Crippen molar-refractivity contribution >= 4 is 38.7 Å². The summed E-state index contributed by atoms with van der Waals surface area (Å²) in [6.07, 6.45) is 0. The predicted molar refractivity (Wildman–Crippen MR) is 112 cm³/mol. The normalized spacial score (nSPS) is 15.3. The number of aromatic nitrogens is 2. The Bertz CT molecular complexity index is 1160. The van der Waals surface area contributed by atoms with Crippen molar-refractivity contribution in [2.45, 2.75) is 4.90 Å². The highest BCUT2D eigenvalue weighted by atomic mass is 32.2. The molecule has 0 unspecified atom stereocenters. The third kappa shape index (κ3) is 3.71. The van der Waals surface area contributed by atoms with Crippen LogP contribution in [0.2, 0.25) is 0 Å². The Morgan fingerprint density at radius 3 is 2.30 bits per heavy atom. The molecule has 0 radical (unpaired) electrons. The van der Waals surface area contributed by atoms with Crippen molar-refractivity contribution in [2.75, 3.05) is 40.4 Å². The largest absolute Gasteiger partial charge is 0.497 e. The van der Waals surface area contributed by atoms with Crippen LogP contribution in [-0.4, -0.2) is 72.7 Å². The maximum atomic E-state index is 13.1. The molecule has 2 heterocycles. The van der Waals surface area contributed by atoms with Crippen LogP contribution in [0, 0.1) is 0 Å². The number of hydrogen-bond acceptors (Lipinski definition) is 8. The van der Waals surface area contributed by atoms with Gasteiger partial charge in [0.2, 0.25) is 10.0 Å². The minimum atomic E-state index is -3.73. The molecule has 30 heavy (non-hydrogen) atoms. The SMILES string of the molecule is COc1cc(OC)cc(C(=O)N2CCN(S(=O)(=O)c3cccc4nsnc34)CC2)c1. The van der Waals surface area contributed by atoms with Crippen molar-refractivity contribution in [1.29, 1.82) is 0 Å². The quantitative estimate of drug-likeness (QED) is 0.587. The Morgan fingerprint density at radius 1 is 1.00 bits per heavy atom. The topological polar surface area (TPSA) is 102 Å². The molecule has 11 heteroatoms. The Hall–Kier alpha value is -2.76. The Morgan fingerprint density at radius 2 is 1.67 bits per heavy atom. The standard InChI is InChI=1S/C19H20N4O5S2/c1-27-14-10-13(11-15(12-14)28-2)19(24)22-6-8-23(9-7-22)30(25,26)17-5-3-4-16-18(17)21-29-20-16/h3-5,10-12H,6-9H2,1-2H3. The van der Waals surface area contributed by atoms with Crippen LogP contribution < -0.4 is 9.47 Å². The van der Waals surface area contributed by atoms with E-state index in [1.54, 1.807) is 41.3 Å². The van der Waals surface area contributed by atoms with Gasteiger partial charge in [-0.3, -0.25) is 4.79 Å². The van der Waals surface area contributed by atoms with Gasteiger partial charge in [-0.25, -0.2) is 8.42 Å². The van der Waals surface area contributed by atoms with Crippen LogP contribution in [0.25, 0.3) is 11.0 Å². The summed E-state index contributed by atoms with van der Waals surface area (Å²) < 4.78 is 46.4. The third-order valence-corrected chi connectivity index (χ3v) is 7.46. The summed E-state index contributed by atoms with van der Waals surface area (Å²) in [7, 11) is -0.696. The van der Waals surface area contributed by atoms with E-state index in [0.717, 1.165) is 11.7 Å². The number of benzene rings is 2. The van der Waals surface area contributed by atoms with Gasteiger partial charge in [-0.2, -0.15) is 13.1 Å². The lowest BCUT2D eigenvalue weighted by Gasteiger charge is -2.34. The molecule has 3 aromatic rings. The number of rotatable bonds is 5. The molecule has 1 aromatic heterocycles. The maximum Gasteiger partial charge on any atom is 0.254 e. The molecule has 4 rings (SSSR count). The van der Waals surface area contributed by atoms with Gasteiger partial charge in [0.1, 0.15) is 27.4 Å². The molecule has 0 bridgehead atoms. The van der Waals surface area contributed by atoms with Gasteiger partial charge in [-0.05, 0) is 24.3 Å². The lowest BCUT2D eigenvalue weighted by atomic mass is 10.1. The molecule has 158 valence electrons. The molecule has 1 saturated heterocycles. The monoisotopic (exact) mass is 448 g/mol. The fraction of sp³-hybridized carbons (Fsp3) is 0.316. The highest BCUT2D eigenvalue weighted by Gasteiger charge is 2.32. The second-order valence-electron chi connectivity index (χ2n) is 6.69. The first-order valence-corrected chi connectivity index (χ1v) is 11.3. The first-order chi connectivity index (χ1) is 14.4. The van der Waals surface area contributed by atoms with Gasteiger partial charge in [0, 0.05) is 37.8 Å². The number of carbonyl (C=O) groups is 1. The maximum absolute atomic E-state index is 13.1. The zero-order valence-corrected chi connectivity index (χ0v) is 18.1. The molecule has 9 nitrogen and oxygen atoms in total. The molecule has 1 aliphatic rings. The Balaban J connectivity index is 1.51. The molecule has 1 fully saturated rings. The van der Waals surface area contributed by atoms with E-state index in [4.69, 9.17) is 9.47 Å². The van der Waals surface area contributed by atoms with Gasteiger partial charge in [-0.1, -0.05) is 6.07 Å². The van der Waals surface area contributed by atoms with Crippen LogP contribution in [0.15, 0.2) is 41.3 Å². The summed E-state index contributed by atoms with van der Waals surface area (Å²) in [6.45, 7) is 0.956. The Kier molecular flexibility index (Phi) is 5.58. The van der Waals surface area contributed by atoms with E-state index in [9.17, 15) is 13.2 Å². The predicted octanol–water partition coefficient (Wildman–Crippen LogP) is 1.86. The van der Waals surface area contributed by atoms with Crippen molar-refractivity contribution < 1.29 is 22.7 Å². The van der Waals surface area contributed by atoms with Gasteiger partial charge in [0.05, 0.1) is 25.9 Å². The van der Waals surface area contributed by atoms with E-state index < -0.39 is 10.0 Å². The van der Waals surface area contributed by atoms with Crippen molar-refractivity contribution in [2.24, 2.45) is 0 Å². The summed E-state index contributed by atoms with van der Waals surface area (Å²) in [5, 5.41) is 0. The van der Waals surface area contributed by atoms with Gasteiger partial charge in [0.25, 0.3) is 5.91 Å². The van der Waals surface area contributed by atoms with E-state index in [1.165, 1.54) is 18.5 Å². The molecule has 0 saturated carbocycles. The molecular weight excluding hydrogens is 428 g/mol. The average Bonchev–Trinajstić information content (AvgIpc) is 3.27. The number of ether oxygens (including phenoxy) is 2. The van der Waals surface area contributed by atoms with Gasteiger partial charge in [-0.15, -0.1) is 0 Å². The number of hydrogen-bond donors (Lipinski definition) is 0.